The van der Waals surface area contributed by atoms with Crippen LogP contribution in [0.25, 0.3) is 0 Å². The maximum Gasteiger partial charge on any atom is 0.319 e. The quantitative estimate of drug-likeness (QED) is 0.806. The highest BCUT2D eigenvalue weighted by atomic mass is 16.3. The topological polar surface area (TPSA) is 97.4 Å². The molecule has 110 valence electrons. The van der Waals surface area contributed by atoms with E-state index < -0.39 is 11.9 Å². The van der Waals surface area contributed by atoms with Crippen LogP contribution >= 0.6 is 0 Å². The molecule has 2 aromatic rings. The van der Waals surface area contributed by atoms with Crippen molar-refractivity contribution in [3.63, 3.8) is 0 Å². The molecule has 0 saturated carbocycles. The van der Waals surface area contributed by atoms with Crippen molar-refractivity contribution in [2.75, 3.05) is 5.32 Å². The highest BCUT2D eigenvalue weighted by Gasteiger charge is 2.13. The number of primary amides is 1. The average Bonchev–Trinajstić information content (AvgIpc) is 2.85. The number of hydrogen-bond donors (Lipinski definition) is 3. The molecule has 0 aliphatic carbocycles. The van der Waals surface area contributed by atoms with Crippen LogP contribution in [0.2, 0.25) is 0 Å². The zero-order valence-corrected chi connectivity index (χ0v) is 11.8. The number of aryl methyl sites for hydroxylation is 1. The molecule has 1 aromatic heterocycles. The molecule has 0 radical (unpaired) electrons. The van der Waals surface area contributed by atoms with E-state index in [-0.39, 0.29) is 6.04 Å². The lowest BCUT2D eigenvalue weighted by Crippen LogP contribution is -2.31. The van der Waals surface area contributed by atoms with Crippen LogP contribution in [-0.2, 0) is 0 Å². The van der Waals surface area contributed by atoms with E-state index in [4.69, 9.17) is 10.2 Å². The van der Waals surface area contributed by atoms with Gasteiger partial charge in [-0.25, -0.2) is 4.79 Å². The SMILES string of the molecule is Cc1ccc([C@@H](C)NC(=O)Nc2cccc(C(N)=O)c2)o1. The average molecular weight is 287 g/mol. The second kappa shape index (κ2) is 6.13. The van der Waals surface area contributed by atoms with Crippen LogP contribution in [0.5, 0.6) is 0 Å². The second-order valence-corrected chi connectivity index (χ2v) is 4.71. The number of nitrogens with one attached hydrogen (secondary N) is 2. The molecule has 2 rings (SSSR count). The van der Waals surface area contributed by atoms with Crippen LogP contribution in [0.4, 0.5) is 10.5 Å². The number of carbonyl (C=O) groups is 2. The van der Waals surface area contributed by atoms with Gasteiger partial charge in [0.1, 0.15) is 11.5 Å². The van der Waals surface area contributed by atoms with Gasteiger partial charge in [0.15, 0.2) is 0 Å². The van der Waals surface area contributed by atoms with Crippen molar-refractivity contribution < 1.29 is 14.0 Å². The number of anilines is 1. The van der Waals surface area contributed by atoms with Gasteiger partial charge in [0.25, 0.3) is 0 Å². The summed E-state index contributed by atoms with van der Waals surface area (Å²) >= 11 is 0. The third-order valence-corrected chi connectivity index (χ3v) is 2.94. The molecule has 0 spiro atoms. The normalized spacial score (nSPS) is 11.7. The third-order valence-electron chi connectivity index (χ3n) is 2.94. The molecule has 1 heterocycles. The summed E-state index contributed by atoms with van der Waals surface area (Å²) in [7, 11) is 0. The maximum absolute atomic E-state index is 11.9. The van der Waals surface area contributed by atoms with E-state index in [1.54, 1.807) is 18.2 Å². The van der Waals surface area contributed by atoms with Gasteiger partial charge >= 0.3 is 6.03 Å². The molecule has 0 saturated heterocycles. The molecule has 21 heavy (non-hydrogen) atoms. The molecule has 4 N–H and O–H groups in total. The Hall–Kier alpha value is -2.76. The van der Waals surface area contributed by atoms with Crippen molar-refractivity contribution in [2.45, 2.75) is 19.9 Å². The molecular weight excluding hydrogens is 270 g/mol. The Morgan fingerprint density at radius 2 is 2.00 bits per heavy atom. The van der Waals surface area contributed by atoms with Crippen molar-refractivity contribution in [2.24, 2.45) is 5.73 Å². The Morgan fingerprint density at radius 1 is 1.24 bits per heavy atom. The number of hydrogen-bond acceptors (Lipinski definition) is 3. The molecule has 1 aromatic carbocycles. The summed E-state index contributed by atoms with van der Waals surface area (Å²) in [5.41, 5.74) is 6.02. The zero-order valence-electron chi connectivity index (χ0n) is 11.8. The number of rotatable bonds is 4. The Labute approximate surface area is 122 Å². The number of carbonyl (C=O) groups excluding carboxylic acids is 2. The van der Waals surface area contributed by atoms with Crippen LogP contribution in [0.15, 0.2) is 40.8 Å². The van der Waals surface area contributed by atoms with Gasteiger partial charge in [0, 0.05) is 11.3 Å². The van der Waals surface area contributed by atoms with E-state index in [1.165, 1.54) is 6.07 Å². The van der Waals surface area contributed by atoms with Crippen LogP contribution in [-0.4, -0.2) is 11.9 Å². The van der Waals surface area contributed by atoms with Gasteiger partial charge in [0.2, 0.25) is 5.91 Å². The minimum absolute atomic E-state index is 0.266. The molecule has 0 unspecified atom stereocenters. The summed E-state index contributed by atoms with van der Waals surface area (Å²) < 4.78 is 5.44. The highest BCUT2D eigenvalue weighted by Crippen LogP contribution is 2.16. The predicted octanol–water partition coefficient (Wildman–Crippen LogP) is 2.57. The van der Waals surface area contributed by atoms with Gasteiger partial charge in [-0.3, -0.25) is 4.79 Å². The molecule has 0 aliphatic rings. The van der Waals surface area contributed by atoms with Gasteiger partial charge in [-0.15, -0.1) is 0 Å². The lowest BCUT2D eigenvalue weighted by atomic mass is 10.2. The van der Waals surface area contributed by atoms with E-state index in [2.05, 4.69) is 10.6 Å². The Bertz CT molecular complexity index is 664. The Kier molecular flexibility index (Phi) is 4.27. The fourth-order valence-electron chi connectivity index (χ4n) is 1.87. The van der Waals surface area contributed by atoms with Crippen molar-refractivity contribution in [3.05, 3.63) is 53.5 Å². The first-order valence-corrected chi connectivity index (χ1v) is 6.49. The van der Waals surface area contributed by atoms with Crippen molar-refractivity contribution in [1.29, 1.82) is 0 Å². The van der Waals surface area contributed by atoms with E-state index in [0.29, 0.717) is 17.0 Å². The third kappa shape index (κ3) is 3.85. The number of nitrogens with two attached hydrogens (primary N) is 1. The lowest BCUT2D eigenvalue weighted by molar-refractivity contribution is 0.1000. The summed E-state index contributed by atoms with van der Waals surface area (Å²) in [5, 5.41) is 5.39. The Balaban J connectivity index is 1.98. The van der Waals surface area contributed by atoms with Gasteiger partial charge < -0.3 is 20.8 Å². The highest BCUT2D eigenvalue weighted by molar-refractivity contribution is 5.95. The summed E-state index contributed by atoms with van der Waals surface area (Å²) in [6, 6.07) is 9.41. The molecule has 0 bridgehead atoms. The zero-order chi connectivity index (χ0) is 15.4. The van der Waals surface area contributed by atoms with Crippen molar-refractivity contribution in [1.82, 2.24) is 5.32 Å². The van der Waals surface area contributed by atoms with Crippen molar-refractivity contribution in [3.8, 4) is 0 Å². The standard InChI is InChI=1S/C15H17N3O3/c1-9-6-7-13(21-9)10(2)17-15(20)18-12-5-3-4-11(8-12)14(16)19/h3-8,10H,1-2H3,(H2,16,19)(H2,17,18,20)/t10-/m1/s1. The molecule has 0 aliphatic heterocycles. The first kappa shape index (κ1) is 14.6. The Morgan fingerprint density at radius 3 is 2.62 bits per heavy atom. The monoisotopic (exact) mass is 287 g/mol. The van der Waals surface area contributed by atoms with Gasteiger partial charge in [0.05, 0.1) is 6.04 Å². The van der Waals surface area contributed by atoms with Crippen LogP contribution in [0.3, 0.4) is 0 Å². The largest absolute Gasteiger partial charge is 0.464 e. The summed E-state index contributed by atoms with van der Waals surface area (Å²) in [5.74, 6) is 0.917. The second-order valence-electron chi connectivity index (χ2n) is 4.71. The summed E-state index contributed by atoms with van der Waals surface area (Å²) in [4.78, 5) is 23.0. The fourth-order valence-corrected chi connectivity index (χ4v) is 1.87. The van der Waals surface area contributed by atoms with Crippen LogP contribution < -0.4 is 16.4 Å². The summed E-state index contributed by atoms with van der Waals surface area (Å²) in [6.07, 6.45) is 0. The minimum Gasteiger partial charge on any atom is -0.464 e. The van der Waals surface area contributed by atoms with Gasteiger partial charge in [-0.05, 0) is 44.2 Å². The van der Waals surface area contributed by atoms with E-state index >= 15 is 0 Å². The minimum atomic E-state index is -0.543. The van der Waals surface area contributed by atoms with Crippen LogP contribution in [0, 0.1) is 6.92 Å². The smallest absolute Gasteiger partial charge is 0.319 e. The van der Waals surface area contributed by atoms with E-state index in [9.17, 15) is 9.59 Å². The summed E-state index contributed by atoms with van der Waals surface area (Å²) in [6.45, 7) is 3.66. The van der Waals surface area contributed by atoms with E-state index in [0.717, 1.165) is 5.76 Å². The molecule has 1 atom stereocenters. The number of amides is 3. The van der Waals surface area contributed by atoms with Crippen LogP contribution in [0.1, 0.15) is 34.8 Å². The maximum atomic E-state index is 11.9. The fraction of sp³-hybridized carbons (Fsp3) is 0.200. The number of urea groups is 1. The lowest BCUT2D eigenvalue weighted by Gasteiger charge is -2.13. The van der Waals surface area contributed by atoms with E-state index in [1.807, 2.05) is 26.0 Å². The molecule has 6 nitrogen and oxygen atoms in total. The molecular formula is C15H17N3O3. The first-order valence-electron chi connectivity index (χ1n) is 6.49. The molecule has 0 fully saturated rings. The first-order chi connectivity index (χ1) is 9.95. The number of furan rings is 1. The number of benzene rings is 1. The van der Waals surface area contributed by atoms with Gasteiger partial charge in [-0.2, -0.15) is 0 Å². The molecule has 3 amide bonds. The van der Waals surface area contributed by atoms with Crippen molar-refractivity contribution >= 4 is 17.6 Å². The molecule has 6 heteroatoms. The van der Waals surface area contributed by atoms with Gasteiger partial charge in [-0.1, -0.05) is 6.07 Å². The predicted molar refractivity (Wildman–Crippen MR) is 79.0 cm³/mol.